The van der Waals surface area contributed by atoms with Crippen molar-refractivity contribution in [2.45, 2.75) is 89.3 Å². The first-order chi connectivity index (χ1) is 30.5. The molecule has 4 aromatic rings. The molecule has 0 unspecified atom stereocenters. The van der Waals surface area contributed by atoms with E-state index < -0.39 is 96.2 Å². The fraction of sp³-hybridized carbons (Fsp3) is 0.386. The van der Waals surface area contributed by atoms with E-state index in [0.29, 0.717) is 62.9 Å². The van der Waals surface area contributed by atoms with Gasteiger partial charge in [-0.25, -0.2) is 14.2 Å². The number of pyridine rings is 2. The van der Waals surface area contributed by atoms with Crippen molar-refractivity contribution in [3.8, 4) is 11.4 Å². The van der Waals surface area contributed by atoms with Crippen molar-refractivity contribution < 1.29 is 52.9 Å². The predicted octanol–water partition coefficient (Wildman–Crippen LogP) is -0.101. The average molecular weight is 883 g/mol. The molecule has 0 bridgehead atoms. The van der Waals surface area contributed by atoms with Crippen LogP contribution in [0.1, 0.15) is 77.6 Å². The Morgan fingerprint density at radius 2 is 1.67 bits per heavy atom. The number of nitrogens with two attached hydrogens (primary N) is 1. The highest BCUT2D eigenvalue weighted by Gasteiger charge is 2.46. The molecule has 0 saturated heterocycles. The average Bonchev–Trinajstić information content (AvgIpc) is 3.65. The maximum Gasteiger partial charge on any atom is 0.343 e. The van der Waals surface area contributed by atoms with Crippen molar-refractivity contribution in [1.82, 2.24) is 36.1 Å². The molecule has 3 aliphatic rings. The van der Waals surface area contributed by atoms with Crippen molar-refractivity contribution in [2.75, 3.05) is 19.6 Å². The molecule has 2 aromatic carbocycles. The summed E-state index contributed by atoms with van der Waals surface area (Å²) in [6.07, 6.45) is 0.203. The number of aliphatic carboxylic acids is 1. The number of hydrogen-bond donors (Lipinski definition) is 8. The second-order valence-electron chi connectivity index (χ2n) is 16.0. The van der Waals surface area contributed by atoms with Gasteiger partial charge in [0.2, 0.25) is 29.5 Å². The van der Waals surface area contributed by atoms with Crippen LogP contribution in [0, 0.1) is 12.7 Å². The number of halogens is 1. The Labute approximate surface area is 364 Å². The van der Waals surface area contributed by atoms with Crippen LogP contribution in [0.15, 0.2) is 47.3 Å². The zero-order valence-corrected chi connectivity index (χ0v) is 35.0. The van der Waals surface area contributed by atoms with E-state index in [1.54, 1.807) is 50.2 Å². The highest BCUT2D eigenvalue weighted by atomic mass is 19.1. The molecule has 9 N–H and O–H groups in total. The van der Waals surface area contributed by atoms with Gasteiger partial charge < -0.3 is 51.8 Å². The molecule has 0 radical (unpaired) electrons. The van der Waals surface area contributed by atoms with E-state index in [1.165, 1.54) is 10.6 Å². The molecule has 7 rings (SSSR count). The molecule has 336 valence electrons. The molecule has 2 aliphatic heterocycles. The second kappa shape index (κ2) is 18.3. The van der Waals surface area contributed by atoms with Gasteiger partial charge in [-0.15, -0.1) is 0 Å². The number of rotatable bonds is 16. The maximum atomic E-state index is 15.4. The summed E-state index contributed by atoms with van der Waals surface area (Å²) in [6.45, 7) is 1.35. The first-order valence-electron chi connectivity index (χ1n) is 20.7. The molecular weight excluding hydrogens is 836 g/mol. The van der Waals surface area contributed by atoms with Crippen LogP contribution in [0.5, 0.6) is 0 Å². The van der Waals surface area contributed by atoms with Crippen LogP contribution in [0.2, 0.25) is 0 Å². The summed E-state index contributed by atoms with van der Waals surface area (Å²) in [6, 6.07) is 8.59. The van der Waals surface area contributed by atoms with Gasteiger partial charge in [0.05, 0.1) is 60.7 Å². The minimum Gasteiger partial charge on any atom is -0.481 e. The van der Waals surface area contributed by atoms with Gasteiger partial charge in [0.25, 0.3) is 5.56 Å². The molecule has 19 nitrogen and oxygen atoms in total. The summed E-state index contributed by atoms with van der Waals surface area (Å²) in [5.41, 5.74) is 7.33. The summed E-state index contributed by atoms with van der Waals surface area (Å²) < 4.78 is 22.0. The number of nitrogens with one attached hydrogen (secondary N) is 5. The van der Waals surface area contributed by atoms with E-state index in [-0.39, 0.29) is 50.0 Å². The maximum absolute atomic E-state index is 15.4. The predicted molar refractivity (Wildman–Crippen MR) is 224 cm³/mol. The Bertz CT molecular complexity index is 2670. The van der Waals surface area contributed by atoms with Crippen LogP contribution in [0.25, 0.3) is 22.3 Å². The summed E-state index contributed by atoms with van der Waals surface area (Å²) in [7, 11) is 0. The fourth-order valence-electron chi connectivity index (χ4n) is 8.49. The smallest absolute Gasteiger partial charge is 0.343 e. The summed E-state index contributed by atoms with van der Waals surface area (Å²) in [4.78, 5) is 107. The van der Waals surface area contributed by atoms with Crippen molar-refractivity contribution >= 4 is 52.4 Å². The number of hydrogen-bond acceptors (Lipinski definition) is 12. The number of carbonyl (C=O) groups is 7. The van der Waals surface area contributed by atoms with E-state index >= 15 is 4.39 Å². The number of ether oxygens (including phenoxy) is 1. The number of fused-ring (bicyclic) bond motifs is 5. The molecule has 4 heterocycles. The lowest BCUT2D eigenvalue weighted by Crippen LogP contribution is -2.52. The molecule has 1 aliphatic carbocycles. The van der Waals surface area contributed by atoms with Crippen LogP contribution >= 0.6 is 0 Å². The van der Waals surface area contributed by atoms with Crippen LogP contribution in [0.4, 0.5) is 4.39 Å². The Morgan fingerprint density at radius 3 is 2.39 bits per heavy atom. The quantitative estimate of drug-likeness (QED) is 0.0602. The van der Waals surface area contributed by atoms with Gasteiger partial charge in [-0.1, -0.05) is 37.3 Å². The Hall–Kier alpha value is -7.06. The molecular formula is C44H47FN8O11. The van der Waals surface area contributed by atoms with Crippen molar-refractivity contribution in [2.24, 2.45) is 5.73 Å². The van der Waals surface area contributed by atoms with Gasteiger partial charge >= 0.3 is 11.9 Å². The molecule has 0 saturated carbocycles. The zero-order valence-electron chi connectivity index (χ0n) is 35.0. The molecule has 0 fully saturated rings. The van der Waals surface area contributed by atoms with E-state index in [1.807, 2.05) is 0 Å². The van der Waals surface area contributed by atoms with Gasteiger partial charge in [0, 0.05) is 35.4 Å². The van der Waals surface area contributed by atoms with E-state index in [0.717, 1.165) is 0 Å². The number of aromatic nitrogens is 2. The van der Waals surface area contributed by atoms with Gasteiger partial charge in [0.15, 0.2) is 5.60 Å². The van der Waals surface area contributed by atoms with Crippen molar-refractivity contribution in [1.29, 1.82) is 0 Å². The number of benzene rings is 2. The highest BCUT2D eigenvalue weighted by molar-refractivity contribution is 5.96. The number of esters is 1. The van der Waals surface area contributed by atoms with Crippen LogP contribution in [-0.2, 0) is 69.9 Å². The van der Waals surface area contributed by atoms with E-state index in [2.05, 4.69) is 26.6 Å². The lowest BCUT2D eigenvalue weighted by Gasteiger charge is -2.31. The first-order valence-corrected chi connectivity index (χ1v) is 20.7. The number of cyclic esters (lactones) is 1. The van der Waals surface area contributed by atoms with Crippen LogP contribution in [-0.4, -0.2) is 93.0 Å². The standard InChI is InChI=1S/C44H47FN8O11/c1-3-44(63)26-14-32-39-24(19-53(32)42(61)25(26)20-64-43(44)62)38-29(11-9-23-21(2)27(45)15-30(52-39)37(23)38)50-35(56)18-49-41(60)31(13-22-7-5-4-6-8-22)51-34(55)17-47-33(54)16-48-40(59)28(46)10-12-36(57)58/h4-8,14-15,28-29,31,63H,3,9-13,16-20,46H2,1-2H3,(H,47,54)(H,48,59)(H,49,60)(H,50,56)(H,51,55)(H,57,58)/t28-,29-,31-,44-/m0/s1. The number of nitrogens with zero attached hydrogens (tertiary/aromatic N) is 2. The Morgan fingerprint density at radius 1 is 0.969 bits per heavy atom. The monoisotopic (exact) mass is 882 g/mol. The molecule has 5 amide bonds. The third-order valence-corrected chi connectivity index (χ3v) is 11.9. The number of aliphatic hydroxyl groups is 1. The Balaban J connectivity index is 1.06. The van der Waals surface area contributed by atoms with Crippen LogP contribution in [0.3, 0.4) is 0 Å². The number of carboxylic acid groups (broad SMARTS) is 1. The Kier molecular flexibility index (Phi) is 12.9. The van der Waals surface area contributed by atoms with E-state index in [4.69, 9.17) is 20.6 Å². The third-order valence-electron chi connectivity index (χ3n) is 11.9. The number of amides is 5. The largest absolute Gasteiger partial charge is 0.481 e. The lowest BCUT2D eigenvalue weighted by molar-refractivity contribution is -0.172. The number of carbonyl (C=O) groups excluding carboxylic acids is 6. The molecule has 64 heavy (non-hydrogen) atoms. The van der Waals surface area contributed by atoms with Crippen LogP contribution < -0.4 is 37.9 Å². The highest BCUT2D eigenvalue weighted by Crippen LogP contribution is 2.46. The lowest BCUT2D eigenvalue weighted by atomic mass is 9.81. The topological polar surface area (TPSA) is 290 Å². The zero-order chi connectivity index (χ0) is 46.0. The third kappa shape index (κ3) is 8.91. The molecule has 2 aromatic heterocycles. The summed E-state index contributed by atoms with van der Waals surface area (Å²) >= 11 is 0. The first kappa shape index (κ1) is 45.0. The van der Waals surface area contributed by atoms with Gasteiger partial charge in [-0.2, -0.15) is 0 Å². The normalized spacial score (nSPS) is 17.8. The van der Waals surface area contributed by atoms with Gasteiger partial charge in [0.1, 0.15) is 18.5 Å². The minimum atomic E-state index is -2.06. The number of carboxylic acids is 1. The molecule has 20 heteroatoms. The summed E-state index contributed by atoms with van der Waals surface area (Å²) in [5.74, 6) is -6.02. The SMILES string of the molecule is CC[C@@]1(O)C(=O)OCc2c1cc1n(c2=O)Cc2c-1nc1cc(F)c(C)c3c1c2[C@@H](NC(=O)CNC(=O)[C@H](Cc1ccccc1)NC(=O)CNC(=O)CNC(=O)[C@@H](N)CCC(=O)O)CC3. The van der Waals surface area contributed by atoms with Gasteiger partial charge in [-0.05, 0) is 60.9 Å². The fourth-order valence-corrected chi connectivity index (χ4v) is 8.49. The van der Waals surface area contributed by atoms with Crippen molar-refractivity contribution in [3.05, 3.63) is 97.6 Å². The molecule has 4 atom stereocenters. The minimum absolute atomic E-state index is 0.0218. The van der Waals surface area contributed by atoms with E-state index in [9.17, 15) is 43.5 Å². The van der Waals surface area contributed by atoms with Crippen molar-refractivity contribution in [3.63, 3.8) is 0 Å². The second-order valence-corrected chi connectivity index (χ2v) is 16.0. The van der Waals surface area contributed by atoms with Gasteiger partial charge in [-0.3, -0.25) is 33.6 Å². The number of aryl methyl sites for hydroxylation is 1. The molecule has 0 spiro atoms. The summed E-state index contributed by atoms with van der Waals surface area (Å²) in [5, 5.41) is 33.5.